The Morgan fingerprint density at radius 1 is 1.45 bits per heavy atom. The molecule has 0 amide bonds. The quantitative estimate of drug-likeness (QED) is 0.627. The Kier molecular flexibility index (Phi) is 2.11. The third-order valence-electron chi connectivity index (χ3n) is 1.91. The summed E-state index contributed by atoms with van der Waals surface area (Å²) in [5, 5.41) is 5.06. The molecule has 5 heteroatoms. The fourth-order valence-corrected chi connectivity index (χ4v) is 1.14. The maximum Gasteiger partial charge on any atom is 0.409 e. The predicted molar refractivity (Wildman–Crippen MR) is 35.3 cm³/mol. The Balaban J connectivity index is 2.60. The van der Waals surface area contributed by atoms with Crippen molar-refractivity contribution >= 4 is 0 Å². The summed E-state index contributed by atoms with van der Waals surface area (Å²) in [6, 6.07) is 0. The summed E-state index contributed by atoms with van der Waals surface area (Å²) < 4.78 is 36.7. The maximum absolute atomic E-state index is 12.2. The molecule has 0 radical (unpaired) electrons. The van der Waals surface area contributed by atoms with Crippen molar-refractivity contribution in [1.82, 2.24) is 10.6 Å². The molecular formula is C6H11F3N2. The summed E-state index contributed by atoms with van der Waals surface area (Å²) in [6.07, 6.45) is -4.13. The fraction of sp³-hybridized carbons (Fsp3) is 1.00. The first kappa shape index (κ1) is 8.80. The van der Waals surface area contributed by atoms with E-state index in [1.807, 2.05) is 0 Å². The molecule has 1 heterocycles. The van der Waals surface area contributed by atoms with Gasteiger partial charge in [-0.1, -0.05) is 6.92 Å². The summed E-state index contributed by atoms with van der Waals surface area (Å²) >= 11 is 0. The Hall–Kier alpha value is -0.290. The average molecular weight is 168 g/mol. The molecule has 1 saturated heterocycles. The van der Waals surface area contributed by atoms with Crippen molar-refractivity contribution in [3.63, 3.8) is 0 Å². The zero-order valence-corrected chi connectivity index (χ0v) is 6.26. The molecule has 0 unspecified atom stereocenters. The second kappa shape index (κ2) is 2.64. The Morgan fingerprint density at radius 3 is 2.09 bits per heavy atom. The highest BCUT2D eigenvalue weighted by atomic mass is 19.4. The molecule has 66 valence electrons. The van der Waals surface area contributed by atoms with Crippen molar-refractivity contribution in [1.29, 1.82) is 0 Å². The number of hydrogen-bond donors (Lipinski definition) is 2. The van der Waals surface area contributed by atoms with Gasteiger partial charge in [0.15, 0.2) is 0 Å². The average Bonchev–Trinajstić information content (AvgIpc) is 1.75. The van der Waals surface area contributed by atoms with E-state index < -0.39 is 11.7 Å². The van der Waals surface area contributed by atoms with Gasteiger partial charge in [-0.3, -0.25) is 0 Å². The molecule has 0 aromatic heterocycles. The zero-order valence-electron chi connectivity index (χ0n) is 6.26. The summed E-state index contributed by atoms with van der Waals surface area (Å²) in [5.41, 5.74) is -1.65. The number of halogens is 3. The van der Waals surface area contributed by atoms with E-state index in [0.29, 0.717) is 6.54 Å². The van der Waals surface area contributed by atoms with Crippen molar-refractivity contribution in [2.24, 2.45) is 0 Å². The van der Waals surface area contributed by atoms with Gasteiger partial charge in [0, 0.05) is 13.1 Å². The van der Waals surface area contributed by atoms with Crippen molar-refractivity contribution in [2.75, 3.05) is 19.6 Å². The molecule has 0 atom stereocenters. The van der Waals surface area contributed by atoms with Crippen LogP contribution >= 0.6 is 0 Å². The minimum Gasteiger partial charge on any atom is -0.312 e. The topological polar surface area (TPSA) is 24.1 Å². The van der Waals surface area contributed by atoms with Gasteiger partial charge in [0.05, 0.1) is 0 Å². The summed E-state index contributed by atoms with van der Waals surface area (Å²) in [4.78, 5) is 0. The lowest BCUT2D eigenvalue weighted by molar-refractivity contribution is -0.209. The van der Waals surface area contributed by atoms with Gasteiger partial charge >= 0.3 is 6.18 Å². The van der Waals surface area contributed by atoms with Gasteiger partial charge in [0.2, 0.25) is 0 Å². The van der Waals surface area contributed by atoms with Crippen LogP contribution < -0.4 is 10.6 Å². The van der Waals surface area contributed by atoms with Crippen LogP contribution in [0.1, 0.15) is 6.92 Å². The van der Waals surface area contributed by atoms with E-state index in [0.717, 1.165) is 0 Å². The van der Waals surface area contributed by atoms with Crippen LogP contribution in [0.2, 0.25) is 0 Å². The lowest BCUT2D eigenvalue weighted by Gasteiger charge is -2.44. The van der Waals surface area contributed by atoms with E-state index >= 15 is 0 Å². The number of hydrogen-bond acceptors (Lipinski definition) is 2. The van der Waals surface area contributed by atoms with Crippen molar-refractivity contribution in [3.8, 4) is 0 Å². The van der Waals surface area contributed by atoms with E-state index in [9.17, 15) is 13.2 Å². The zero-order chi connectivity index (χ0) is 8.54. The minimum absolute atomic E-state index is 0.00958. The van der Waals surface area contributed by atoms with Gasteiger partial charge in [-0.25, -0.2) is 0 Å². The number of alkyl halides is 3. The van der Waals surface area contributed by atoms with E-state index in [1.165, 1.54) is 0 Å². The number of rotatable bonds is 2. The molecule has 1 fully saturated rings. The van der Waals surface area contributed by atoms with Crippen LogP contribution in [0.25, 0.3) is 0 Å². The monoisotopic (exact) mass is 168 g/mol. The first-order chi connectivity index (χ1) is 5.02. The summed E-state index contributed by atoms with van der Waals surface area (Å²) in [5.74, 6) is 0. The second-order valence-electron chi connectivity index (χ2n) is 2.71. The molecule has 0 aliphatic carbocycles. The van der Waals surface area contributed by atoms with Gasteiger partial charge in [-0.2, -0.15) is 13.2 Å². The SMILES string of the molecule is CCNC1(C(F)(F)F)CNC1. The van der Waals surface area contributed by atoms with Crippen LogP contribution in [0.3, 0.4) is 0 Å². The maximum atomic E-state index is 12.2. The Morgan fingerprint density at radius 2 is 2.00 bits per heavy atom. The van der Waals surface area contributed by atoms with Crippen molar-refractivity contribution in [2.45, 2.75) is 18.6 Å². The summed E-state index contributed by atoms with van der Waals surface area (Å²) in [6.45, 7) is 2.00. The molecule has 0 bridgehead atoms. The standard InChI is InChI=1S/C6H11F3N2/c1-2-11-5(3-10-4-5)6(7,8)9/h10-11H,2-4H2,1H3. The van der Waals surface area contributed by atoms with Crippen LogP contribution in [-0.2, 0) is 0 Å². The van der Waals surface area contributed by atoms with Gasteiger partial charge < -0.3 is 10.6 Å². The van der Waals surface area contributed by atoms with E-state index in [-0.39, 0.29) is 13.1 Å². The highest BCUT2D eigenvalue weighted by Crippen LogP contribution is 2.32. The van der Waals surface area contributed by atoms with E-state index in [1.54, 1.807) is 6.92 Å². The van der Waals surface area contributed by atoms with Gasteiger partial charge in [0.1, 0.15) is 5.54 Å². The molecular weight excluding hydrogens is 157 g/mol. The molecule has 0 aromatic rings. The first-order valence-electron chi connectivity index (χ1n) is 3.54. The van der Waals surface area contributed by atoms with E-state index in [2.05, 4.69) is 10.6 Å². The largest absolute Gasteiger partial charge is 0.409 e. The normalized spacial score (nSPS) is 22.9. The molecule has 1 aliphatic rings. The van der Waals surface area contributed by atoms with Crippen LogP contribution in [-0.4, -0.2) is 31.3 Å². The summed E-state index contributed by atoms with van der Waals surface area (Å²) in [7, 11) is 0. The highest BCUT2D eigenvalue weighted by molar-refractivity contribution is 5.05. The number of likely N-dealkylation sites (N-methyl/N-ethyl adjacent to an activating group) is 1. The van der Waals surface area contributed by atoms with E-state index in [4.69, 9.17) is 0 Å². The lowest BCUT2D eigenvalue weighted by atomic mass is 9.92. The van der Waals surface area contributed by atoms with Crippen molar-refractivity contribution < 1.29 is 13.2 Å². The molecule has 2 N–H and O–H groups in total. The smallest absolute Gasteiger partial charge is 0.312 e. The van der Waals surface area contributed by atoms with Gasteiger partial charge in [0.25, 0.3) is 0 Å². The Bertz CT molecular complexity index is 139. The molecule has 0 aromatic carbocycles. The molecule has 0 saturated carbocycles. The number of nitrogens with one attached hydrogen (secondary N) is 2. The first-order valence-corrected chi connectivity index (χ1v) is 3.54. The fourth-order valence-electron chi connectivity index (χ4n) is 1.14. The third kappa shape index (κ3) is 1.35. The van der Waals surface area contributed by atoms with Crippen molar-refractivity contribution in [3.05, 3.63) is 0 Å². The lowest BCUT2D eigenvalue weighted by Crippen LogP contribution is -2.74. The Labute approximate surface area is 63.2 Å². The highest BCUT2D eigenvalue weighted by Gasteiger charge is 2.58. The van der Waals surface area contributed by atoms with Gasteiger partial charge in [-0.15, -0.1) is 0 Å². The molecule has 1 rings (SSSR count). The van der Waals surface area contributed by atoms with Crippen LogP contribution in [0.4, 0.5) is 13.2 Å². The molecule has 2 nitrogen and oxygen atoms in total. The molecule has 1 aliphatic heterocycles. The minimum atomic E-state index is -4.13. The van der Waals surface area contributed by atoms with Crippen LogP contribution in [0.15, 0.2) is 0 Å². The molecule has 11 heavy (non-hydrogen) atoms. The predicted octanol–water partition coefficient (Wildman–Crippen LogP) is 0.500. The second-order valence-corrected chi connectivity index (χ2v) is 2.71. The molecule has 0 spiro atoms. The van der Waals surface area contributed by atoms with Gasteiger partial charge in [-0.05, 0) is 6.54 Å². The third-order valence-corrected chi connectivity index (χ3v) is 1.91. The van der Waals surface area contributed by atoms with Crippen LogP contribution in [0, 0.1) is 0 Å². The van der Waals surface area contributed by atoms with Crippen LogP contribution in [0.5, 0.6) is 0 Å².